The molecule has 3 N–H and O–H groups in total. The van der Waals surface area contributed by atoms with E-state index in [1.54, 1.807) is 18.2 Å². The Kier molecular flexibility index (Phi) is 4.47. The summed E-state index contributed by atoms with van der Waals surface area (Å²) in [6, 6.07) is 8.08. The topological polar surface area (TPSA) is 104 Å². The number of nitrogens with one attached hydrogen (secondary N) is 3. The molecule has 1 heterocycles. The predicted molar refractivity (Wildman–Crippen MR) is 78.6 cm³/mol. The predicted octanol–water partition coefficient (Wildman–Crippen LogP) is 1.33. The molecule has 0 saturated heterocycles. The van der Waals surface area contributed by atoms with E-state index in [4.69, 9.17) is 12.2 Å². The van der Waals surface area contributed by atoms with Crippen LogP contribution in [-0.2, 0) is 10.0 Å². The van der Waals surface area contributed by atoms with E-state index >= 15 is 0 Å². The quantitative estimate of drug-likeness (QED) is 0.715. The molecule has 1 aromatic heterocycles. The van der Waals surface area contributed by atoms with Crippen molar-refractivity contribution in [2.45, 2.75) is 0 Å². The molecule has 0 bridgehead atoms. The summed E-state index contributed by atoms with van der Waals surface area (Å²) in [5.41, 5.74) is 0.270. The Bertz CT molecular complexity index is 751. The van der Waals surface area contributed by atoms with Crippen molar-refractivity contribution in [2.75, 3.05) is 11.2 Å². The smallest absolute Gasteiger partial charge is 0.264 e. The Morgan fingerprint density at radius 3 is 2.65 bits per heavy atom. The fourth-order valence-corrected chi connectivity index (χ4v) is 2.96. The van der Waals surface area contributed by atoms with E-state index in [2.05, 4.69) is 15.5 Å². The molecule has 0 atom stereocenters. The summed E-state index contributed by atoms with van der Waals surface area (Å²) in [4.78, 5) is 11.7. The van der Waals surface area contributed by atoms with Crippen molar-refractivity contribution in [3.05, 3.63) is 39.8 Å². The number of aromatic nitrogens is 2. The number of H-pyrrole nitrogens is 1. The SMILES string of the molecule is O=C(NS(=O)(=O)CNc1n[nH]c(=S)s1)c1ccccc1. The minimum atomic E-state index is -3.81. The van der Waals surface area contributed by atoms with Gasteiger partial charge in [0.05, 0.1) is 0 Å². The van der Waals surface area contributed by atoms with Gasteiger partial charge < -0.3 is 5.32 Å². The molecule has 1 amide bonds. The molecular weight excluding hydrogens is 320 g/mol. The van der Waals surface area contributed by atoms with Crippen molar-refractivity contribution in [3.63, 3.8) is 0 Å². The lowest BCUT2D eigenvalue weighted by Crippen LogP contribution is -2.34. The summed E-state index contributed by atoms with van der Waals surface area (Å²) in [6.45, 7) is 0. The maximum atomic E-state index is 11.7. The Hall–Kier alpha value is -1.78. The molecule has 0 aliphatic rings. The van der Waals surface area contributed by atoms with E-state index in [1.807, 2.05) is 4.72 Å². The summed E-state index contributed by atoms with van der Waals surface area (Å²) in [5.74, 6) is -1.15. The van der Waals surface area contributed by atoms with Gasteiger partial charge in [-0.05, 0) is 24.4 Å². The zero-order valence-corrected chi connectivity index (χ0v) is 12.4. The van der Waals surface area contributed by atoms with Crippen molar-refractivity contribution >= 4 is 44.6 Å². The van der Waals surface area contributed by atoms with E-state index in [1.165, 1.54) is 12.1 Å². The van der Waals surface area contributed by atoms with Crippen LogP contribution in [0, 0.1) is 3.95 Å². The van der Waals surface area contributed by atoms with Gasteiger partial charge in [0.2, 0.25) is 5.13 Å². The van der Waals surface area contributed by atoms with Crippen LogP contribution in [-0.4, -0.2) is 30.4 Å². The second kappa shape index (κ2) is 6.11. The maximum absolute atomic E-state index is 11.7. The van der Waals surface area contributed by atoms with Crippen molar-refractivity contribution in [1.29, 1.82) is 0 Å². The van der Waals surface area contributed by atoms with E-state index in [9.17, 15) is 13.2 Å². The van der Waals surface area contributed by atoms with Gasteiger partial charge in [-0.2, -0.15) is 0 Å². The number of sulfonamides is 1. The Balaban J connectivity index is 1.97. The number of carbonyl (C=O) groups is 1. The number of hydrogen-bond donors (Lipinski definition) is 3. The monoisotopic (exact) mass is 330 g/mol. The zero-order chi connectivity index (χ0) is 14.6. The first-order chi connectivity index (χ1) is 9.46. The largest absolute Gasteiger partial charge is 0.345 e. The summed E-state index contributed by atoms with van der Waals surface area (Å²) in [7, 11) is -3.81. The molecule has 0 unspecified atom stereocenters. The highest BCUT2D eigenvalue weighted by molar-refractivity contribution is 7.90. The highest BCUT2D eigenvalue weighted by Crippen LogP contribution is 2.10. The Morgan fingerprint density at radius 1 is 1.35 bits per heavy atom. The second-order valence-corrected chi connectivity index (χ2v) is 7.04. The number of amides is 1. The molecule has 1 aromatic carbocycles. The van der Waals surface area contributed by atoms with Gasteiger partial charge in [0.25, 0.3) is 15.9 Å². The van der Waals surface area contributed by atoms with Gasteiger partial charge in [-0.25, -0.2) is 13.1 Å². The van der Waals surface area contributed by atoms with Crippen LogP contribution in [0.25, 0.3) is 0 Å². The minimum Gasteiger partial charge on any atom is -0.345 e. The third kappa shape index (κ3) is 4.11. The molecule has 2 aromatic rings. The normalized spacial score (nSPS) is 11.0. The summed E-state index contributed by atoms with van der Waals surface area (Å²) < 4.78 is 25.9. The third-order valence-electron chi connectivity index (χ3n) is 2.14. The lowest BCUT2D eigenvalue weighted by atomic mass is 10.2. The van der Waals surface area contributed by atoms with Crippen molar-refractivity contribution in [1.82, 2.24) is 14.9 Å². The van der Waals surface area contributed by atoms with Gasteiger partial charge in [-0.1, -0.05) is 29.5 Å². The van der Waals surface area contributed by atoms with Crippen LogP contribution in [0.15, 0.2) is 30.3 Å². The van der Waals surface area contributed by atoms with Crippen molar-refractivity contribution < 1.29 is 13.2 Å². The summed E-state index contributed by atoms with van der Waals surface area (Å²) >= 11 is 5.92. The highest BCUT2D eigenvalue weighted by Gasteiger charge is 2.16. The Labute approximate surface area is 124 Å². The second-order valence-electron chi connectivity index (χ2n) is 3.65. The van der Waals surface area contributed by atoms with Crippen molar-refractivity contribution in [3.8, 4) is 0 Å². The lowest BCUT2D eigenvalue weighted by molar-refractivity contribution is 0.0981. The summed E-state index contributed by atoms with van der Waals surface area (Å²) in [5, 5.41) is 9.18. The number of hydrogen-bond acceptors (Lipinski definition) is 7. The highest BCUT2D eigenvalue weighted by atomic mass is 32.2. The number of carbonyl (C=O) groups excluding carboxylic acids is 1. The third-order valence-corrected chi connectivity index (χ3v) is 4.20. The van der Waals surface area contributed by atoms with Crippen LogP contribution in [0.4, 0.5) is 5.13 Å². The van der Waals surface area contributed by atoms with Gasteiger partial charge in [0, 0.05) is 5.56 Å². The number of anilines is 1. The van der Waals surface area contributed by atoms with Crippen LogP contribution < -0.4 is 10.0 Å². The molecule has 0 spiro atoms. The molecule has 0 aliphatic heterocycles. The first-order valence-corrected chi connectivity index (χ1v) is 8.23. The molecule has 0 fully saturated rings. The van der Waals surface area contributed by atoms with Gasteiger partial charge in [-0.3, -0.25) is 9.89 Å². The van der Waals surface area contributed by atoms with E-state index in [0.29, 0.717) is 9.09 Å². The first-order valence-electron chi connectivity index (χ1n) is 5.35. The zero-order valence-electron chi connectivity index (χ0n) is 9.99. The summed E-state index contributed by atoms with van der Waals surface area (Å²) in [6.07, 6.45) is 0. The van der Waals surface area contributed by atoms with Crippen LogP contribution in [0.1, 0.15) is 10.4 Å². The van der Waals surface area contributed by atoms with Crippen LogP contribution in [0.2, 0.25) is 0 Å². The molecule has 0 aliphatic carbocycles. The molecule has 2 rings (SSSR count). The van der Waals surface area contributed by atoms with Gasteiger partial charge in [0.15, 0.2) is 3.95 Å². The van der Waals surface area contributed by atoms with E-state index < -0.39 is 21.8 Å². The van der Waals surface area contributed by atoms with Gasteiger partial charge in [-0.15, -0.1) is 5.10 Å². The molecule has 10 heteroatoms. The number of aromatic amines is 1. The fraction of sp³-hybridized carbons (Fsp3) is 0.100. The van der Waals surface area contributed by atoms with Crippen LogP contribution >= 0.6 is 23.6 Å². The Morgan fingerprint density at radius 2 is 2.05 bits per heavy atom. The van der Waals surface area contributed by atoms with E-state index in [0.717, 1.165) is 11.3 Å². The average Bonchev–Trinajstić information content (AvgIpc) is 2.83. The van der Waals surface area contributed by atoms with Gasteiger partial charge >= 0.3 is 0 Å². The van der Waals surface area contributed by atoms with Crippen molar-refractivity contribution in [2.24, 2.45) is 0 Å². The number of rotatable bonds is 5. The first kappa shape index (κ1) is 14.6. The minimum absolute atomic E-state index is 0.270. The van der Waals surface area contributed by atoms with E-state index in [-0.39, 0.29) is 5.56 Å². The molecule has 106 valence electrons. The molecule has 0 radical (unpaired) electrons. The van der Waals surface area contributed by atoms with Gasteiger partial charge in [0.1, 0.15) is 5.88 Å². The molecule has 7 nitrogen and oxygen atoms in total. The molecule has 0 saturated carbocycles. The average molecular weight is 330 g/mol. The lowest BCUT2D eigenvalue weighted by Gasteiger charge is -2.07. The number of benzene rings is 1. The van der Waals surface area contributed by atoms with Crippen LogP contribution in [0.3, 0.4) is 0 Å². The molecule has 20 heavy (non-hydrogen) atoms. The van der Waals surface area contributed by atoms with Crippen LogP contribution in [0.5, 0.6) is 0 Å². The maximum Gasteiger partial charge on any atom is 0.264 e. The fourth-order valence-electron chi connectivity index (χ4n) is 1.29. The standard InChI is InChI=1S/C10H10N4O3S3/c15-8(7-4-2-1-3-5-7)14-20(16,17)6-11-9-12-13-10(18)19-9/h1-5H,6H2,(H,11,12)(H,13,18)(H,14,15). The number of nitrogens with zero attached hydrogens (tertiary/aromatic N) is 1. The molecular formula is C10H10N4O3S3.